The molecule has 2 rings (SSSR count). The van der Waals surface area contributed by atoms with Crippen molar-refractivity contribution < 1.29 is 9.47 Å². The molecule has 0 saturated carbocycles. The highest BCUT2D eigenvalue weighted by atomic mass is 16.5. The van der Waals surface area contributed by atoms with Crippen molar-refractivity contribution in [2.45, 2.75) is 32.8 Å². The van der Waals surface area contributed by atoms with E-state index in [9.17, 15) is 0 Å². The normalized spacial score (nSPS) is 19.6. The third-order valence-electron chi connectivity index (χ3n) is 3.62. The van der Waals surface area contributed by atoms with Gasteiger partial charge < -0.3 is 9.47 Å². The Kier molecular flexibility index (Phi) is 4.82. The Balaban J connectivity index is 1.89. The fourth-order valence-electron chi connectivity index (χ4n) is 2.27. The molecule has 18 heavy (non-hydrogen) atoms. The van der Waals surface area contributed by atoms with Crippen molar-refractivity contribution in [2.75, 3.05) is 13.2 Å². The lowest BCUT2D eigenvalue weighted by Crippen LogP contribution is -2.26. The van der Waals surface area contributed by atoms with Gasteiger partial charge in [-0.15, -0.1) is 0 Å². The summed E-state index contributed by atoms with van der Waals surface area (Å²) in [4.78, 5) is 0. The van der Waals surface area contributed by atoms with E-state index in [0.717, 1.165) is 26.1 Å². The summed E-state index contributed by atoms with van der Waals surface area (Å²) in [6, 6.07) is 10.3. The highest BCUT2D eigenvalue weighted by Crippen LogP contribution is 2.22. The summed E-state index contributed by atoms with van der Waals surface area (Å²) in [5, 5.41) is 0. The average molecular weight is 246 g/mol. The summed E-state index contributed by atoms with van der Waals surface area (Å²) >= 11 is 0. The van der Waals surface area contributed by atoms with E-state index in [-0.39, 0.29) is 6.10 Å². The van der Waals surface area contributed by atoms with E-state index in [1.807, 2.05) is 12.3 Å². The van der Waals surface area contributed by atoms with E-state index in [0.29, 0.717) is 5.92 Å². The lowest BCUT2D eigenvalue weighted by Gasteiger charge is -2.27. The van der Waals surface area contributed by atoms with E-state index in [2.05, 4.69) is 38.1 Å². The van der Waals surface area contributed by atoms with Crippen LogP contribution in [0.1, 0.15) is 32.3 Å². The van der Waals surface area contributed by atoms with Crippen LogP contribution in [0.5, 0.6) is 0 Å². The SMILES string of the molecule is C/C(=C/OC(C)C1CCOCC1)c1ccccc1. The fraction of sp³-hybridized carbons (Fsp3) is 0.500. The van der Waals surface area contributed by atoms with Crippen molar-refractivity contribution in [1.29, 1.82) is 0 Å². The van der Waals surface area contributed by atoms with Crippen molar-refractivity contribution in [3.05, 3.63) is 42.2 Å². The van der Waals surface area contributed by atoms with Gasteiger partial charge in [0, 0.05) is 13.2 Å². The van der Waals surface area contributed by atoms with Gasteiger partial charge in [0.15, 0.2) is 0 Å². The van der Waals surface area contributed by atoms with Crippen LogP contribution in [0.2, 0.25) is 0 Å². The van der Waals surface area contributed by atoms with Crippen LogP contribution in [0, 0.1) is 5.92 Å². The Morgan fingerprint density at radius 2 is 1.94 bits per heavy atom. The molecule has 1 aliphatic rings. The van der Waals surface area contributed by atoms with Crippen molar-refractivity contribution in [1.82, 2.24) is 0 Å². The monoisotopic (exact) mass is 246 g/mol. The summed E-state index contributed by atoms with van der Waals surface area (Å²) in [5.74, 6) is 0.624. The third kappa shape index (κ3) is 3.61. The zero-order valence-corrected chi connectivity index (χ0v) is 11.3. The van der Waals surface area contributed by atoms with Gasteiger partial charge in [0.05, 0.1) is 12.4 Å². The fourth-order valence-corrected chi connectivity index (χ4v) is 2.27. The van der Waals surface area contributed by atoms with E-state index in [1.165, 1.54) is 11.1 Å². The highest BCUT2D eigenvalue weighted by molar-refractivity contribution is 5.62. The molecule has 0 bridgehead atoms. The minimum absolute atomic E-state index is 0.271. The van der Waals surface area contributed by atoms with Crippen molar-refractivity contribution >= 4 is 5.57 Å². The standard InChI is InChI=1S/C16H22O2/c1-13(15-6-4-3-5-7-15)12-18-14(2)16-8-10-17-11-9-16/h3-7,12,14,16H,8-11H2,1-2H3/b13-12-. The molecule has 0 aromatic heterocycles. The summed E-state index contributed by atoms with van der Waals surface area (Å²) in [7, 11) is 0. The Morgan fingerprint density at radius 1 is 1.28 bits per heavy atom. The summed E-state index contributed by atoms with van der Waals surface area (Å²) < 4.78 is 11.3. The van der Waals surface area contributed by atoms with Crippen LogP contribution in [0.25, 0.3) is 5.57 Å². The van der Waals surface area contributed by atoms with Gasteiger partial charge in [-0.05, 0) is 43.7 Å². The first-order chi connectivity index (χ1) is 8.77. The second-order valence-electron chi connectivity index (χ2n) is 4.96. The molecule has 1 aromatic carbocycles. The molecule has 0 amide bonds. The molecule has 0 N–H and O–H groups in total. The van der Waals surface area contributed by atoms with Crippen LogP contribution in [0.15, 0.2) is 36.6 Å². The number of ether oxygens (including phenoxy) is 2. The quantitative estimate of drug-likeness (QED) is 0.751. The Morgan fingerprint density at radius 3 is 2.61 bits per heavy atom. The number of benzene rings is 1. The predicted molar refractivity (Wildman–Crippen MR) is 74.2 cm³/mol. The molecule has 1 fully saturated rings. The number of rotatable bonds is 4. The second kappa shape index (κ2) is 6.60. The van der Waals surface area contributed by atoms with E-state index in [4.69, 9.17) is 9.47 Å². The van der Waals surface area contributed by atoms with Gasteiger partial charge in [0.25, 0.3) is 0 Å². The number of allylic oxidation sites excluding steroid dienone is 1. The molecule has 1 atom stereocenters. The van der Waals surface area contributed by atoms with Gasteiger partial charge in [0.1, 0.15) is 0 Å². The largest absolute Gasteiger partial charge is 0.498 e. The zero-order chi connectivity index (χ0) is 12.8. The van der Waals surface area contributed by atoms with Crippen LogP contribution in [-0.4, -0.2) is 19.3 Å². The van der Waals surface area contributed by atoms with Gasteiger partial charge in [-0.3, -0.25) is 0 Å². The van der Waals surface area contributed by atoms with Crippen LogP contribution in [0.4, 0.5) is 0 Å². The van der Waals surface area contributed by atoms with Gasteiger partial charge in [-0.2, -0.15) is 0 Å². The van der Waals surface area contributed by atoms with E-state index < -0.39 is 0 Å². The van der Waals surface area contributed by atoms with Crippen LogP contribution >= 0.6 is 0 Å². The van der Waals surface area contributed by atoms with Gasteiger partial charge >= 0.3 is 0 Å². The summed E-state index contributed by atoms with van der Waals surface area (Å²) in [6.07, 6.45) is 4.39. The maximum atomic E-state index is 5.88. The molecule has 0 aliphatic carbocycles. The molecule has 98 valence electrons. The van der Waals surface area contributed by atoms with Gasteiger partial charge in [0.2, 0.25) is 0 Å². The topological polar surface area (TPSA) is 18.5 Å². The number of hydrogen-bond acceptors (Lipinski definition) is 2. The Bertz CT molecular complexity index is 377. The number of hydrogen-bond donors (Lipinski definition) is 0. The van der Waals surface area contributed by atoms with Crippen molar-refractivity contribution in [3.8, 4) is 0 Å². The summed E-state index contributed by atoms with van der Waals surface area (Å²) in [6.45, 7) is 6.00. The Labute approximate surface area is 110 Å². The van der Waals surface area contributed by atoms with Gasteiger partial charge in [-0.25, -0.2) is 0 Å². The van der Waals surface area contributed by atoms with Crippen LogP contribution < -0.4 is 0 Å². The Hall–Kier alpha value is -1.28. The maximum Gasteiger partial charge on any atom is 0.0980 e. The van der Waals surface area contributed by atoms with E-state index >= 15 is 0 Å². The molecule has 2 heteroatoms. The van der Waals surface area contributed by atoms with Crippen molar-refractivity contribution in [2.24, 2.45) is 5.92 Å². The molecular formula is C16H22O2. The molecule has 1 heterocycles. The van der Waals surface area contributed by atoms with Crippen LogP contribution in [-0.2, 0) is 9.47 Å². The zero-order valence-electron chi connectivity index (χ0n) is 11.3. The second-order valence-corrected chi connectivity index (χ2v) is 4.96. The average Bonchev–Trinajstić information content (AvgIpc) is 2.46. The summed E-state index contributed by atoms with van der Waals surface area (Å²) in [5.41, 5.74) is 2.39. The highest BCUT2D eigenvalue weighted by Gasteiger charge is 2.20. The van der Waals surface area contributed by atoms with Crippen LogP contribution in [0.3, 0.4) is 0 Å². The van der Waals surface area contributed by atoms with E-state index in [1.54, 1.807) is 0 Å². The first kappa shape index (κ1) is 13.2. The first-order valence-corrected chi connectivity index (χ1v) is 6.73. The molecule has 0 radical (unpaired) electrons. The molecule has 1 saturated heterocycles. The molecule has 0 spiro atoms. The minimum Gasteiger partial charge on any atom is -0.498 e. The molecule has 2 nitrogen and oxygen atoms in total. The smallest absolute Gasteiger partial charge is 0.0980 e. The lowest BCUT2D eigenvalue weighted by molar-refractivity contribution is 0.00919. The molecule has 1 aromatic rings. The minimum atomic E-state index is 0.271. The molecular weight excluding hydrogens is 224 g/mol. The predicted octanol–water partition coefficient (Wildman–Crippen LogP) is 3.88. The molecule has 1 unspecified atom stereocenters. The molecule has 1 aliphatic heterocycles. The lowest BCUT2D eigenvalue weighted by atomic mass is 9.95. The maximum absolute atomic E-state index is 5.88. The van der Waals surface area contributed by atoms with Crippen molar-refractivity contribution in [3.63, 3.8) is 0 Å². The third-order valence-corrected chi connectivity index (χ3v) is 3.62. The van der Waals surface area contributed by atoms with Gasteiger partial charge in [-0.1, -0.05) is 30.3 Å². The first-order valence-electron chi connectivity index (χ1n) is 6.73.